The molecular formula is C13H22N2O3S. The van der Waals surface area contributed by atoms with E-state index in [-0.39, 0.29) is 23.5 Å². The minimum atomic E-state index is -3.49. The van der Waals surface area contributed by atoms with Gasteiger partial charge in [0.05, 0.1) is 5.69 Å². The molecule has 0 aliphatic carbocycles. The molecule has 1 atom stereocenters. The average molecular weight is 286 g/mol. The molecule has 0 saturated carbocycles. The zero-order chi connectivity index (χ0) is 14.5. The first-order valence-electron chi connectivity index (χ1n) is 6.32. The van der Waals surface area contributed by atoms with Gasteiger partial charge in [-0.05, 0) is 31.5 Å². The van der Waals surface area contributed by atoms with Crippen molar-refractivity contribution in [3.63, 3.8) is 0 Å². The van der Waals surface area contributed by atoms with Crippen LogP contribution >= 0.6 is 0 Å². The van der Waals surface area contributed by atoms with Crippen LogP contribution in [0.3, 0.4) is 0 Å². The highest BCUT2D eigenvalue weighted by atomic mass is 32.2. The number of hydrogen-bond acceptors (Lipinski definition) is 4. The van der Waals surface area contributed by atoms with Crippen molar-refractivity contribution >= 4 is 15.7 Å². The highest BCUT2D eigenvalue weighted by Gasteiger charge is 2.19. The molecule has 0 aliphatic heterocycles. The van der Waals surface area contributed by atoms with Gasteiger partial charge in [-0.3, -0.25) is 0 Å². The van der Waals surface area contributed by atoms with Gasteiger partial charge < -0.3 is 10.4 Å². The minimum Gasteiger partial charge on any atom is -0.396 e. The van der Waals surface area contributed by atoms with E-state index in [2.05, 4.69) is 10.0 Å². The maximum Gasteiger partial charge on any atom is 0.242 e. The summed E-state index contributed by atoms with van der Waals surface area (Å²) in [6.45, 7) is 4.13. The molecule has 5 nitrogen and oxygen atoms in total. The van der Waals surface area contributed by atoms with E-state index in [0.717, 1.165) is 0 Å². The summed E-state index contributed by atoms with van der Waals surface area (Å²) in [6, 6.07) is 6.79. The highest BCUT2D eigenvalue weighted by molar-refractivity contribution is 7.89. The Hall–Kier alpha value is -1.11. The number of para-hydroxylation sites is 1. The molecule has 108 valence electrons. The Morgan fingerprint density at radius 3 is 2.42 bits per heavy atom. The van der Waals surface area contributed by atoms with E-state index in [1.807, 2.05) is 13.8 Å². The zero-order valence-corrected chi connectivity index (χ0v) is 12.4. The Morgan fingerprint density at radius 2 is 1.89 bits per heavy atom. The Balaban J connectivity index is 3.07. The van der Waals surface area contributed by atoms with Gasteiger partial charge in [0.15, 0.2) is 0 Å². The summed E-state index contributed by atoms with van der Waals surface area (Å²) in [5, 5.41) is 12.3. The zero-order valence-electron chi connectivity index (χ0n) is 11.6. The van der Waals surface area contributed by atoms with Crippen molar-refractivity contribution < 1.29 is 13.5 Å². The lowest BCUT2D eigenvalue weighted by Crippen LogP contribution is -2.28. The SMILES string of the molecule is CNS(=O)(=O)c1ccccc1NC(CCO)C(C)C. The first-order chi connectivity index (χ1) is 8.92. The number of sulfonamides is 1. The van der Waals surface area contributed by atoms with Crippen LogP contribution in [0.4, 0.5) is 5.69 Å². The summed E-state index contributed by atoms with van der Waals surface area (Å²) in [6.07, 6.45) is 0.575. The second kappa shape index (κ2) is 6.88. The van der Waals surface area contributed by atoms with Crippen molar-refractivity contribution in [2.75, 3.05) is 19.0 Å². The standard InChI is InChI=1S/C13H22N2O3S/c1-10(2)11(8-9-16)15-12-6-4-5-7-13(12)19(17,18)14-3/h4-7,10-11,14-16H,8-9H2,1-3H3. The van der Waals surface area contributed by atoms with Crippen LogP contribution in [0.15, 0.2) is 29.2 Å². The second-order valence-corrected chi connectivity index (χ2v) is 6.57. The number of anilines is 1. The van der Waals surface area contributed by atoms with Crippen molar-refractivity contribution in [2.24, 2.45) is 5.92 Å². The topological polar surface area (TPSA) is 78.4 Å². The third-order valence-electron chi connectivity index (χ3n) is 3.03. The van der Waals surface area contributed by atoms with E-state index in [1.165, 1.54) is 7.05 Å². The molecule has 0 spiro atoms. The maximum absolute atomic E-state index is 11.9. The van der Waals surface area contributed by atoms with Gasteiger partial charge >= 0.3 is 0 Å². The number of benzene rings is 1. The van der Waals surface area contributed by atoms with Crippen molar-refractivity contribution in [1.82, 2.24) is 4.72 Å². The summed E-state index contributed by atoms with van der Waals surface area (Å²) in [5.41, 5.74) is 0.559. The van der Waals surface area contributed by atoms with Crippen molar-refractivity contribution in [3.05, 3.63) is 24.3 Å². The molecule has 3 N–H and O–H groups in total. The number of hydrogen-bond donors (Lipinski definition) is 3. The van der Waals surface area contributed by atoms with Crippen LogP contribution in [0.25, 0.3) is 0 Å². The molecule has 19 heavy (non-hydrogen) atoms. The molecule has 1 aromatic carbocycles. The quantitative estimate of drug-likeness (QED) is 0.708. The van der Waals surface area contributed by atoms with E-state index in [0.29, 0.717) is 12.1 Å². The Morgan fingerprint density at radius 1 is 1.26 bits per heavy atom. The minimum absolute atomic E-state index is 0.0261. The smallest absolute Gasteiger partial charge is 0.242 e. The molecule has 1 unspecified atom stereocenters. The van der Waals surface area contributed by atoms with Crippen LogP contribution in [0.1, 0.15) is 20.3 Å². The molecule has 0 fully saturated rings. The van der Waals surface area contributed by atoms with E-state index >= 15 is 0 Å². The van der Waals surface area contributed by atoms with Gasteiger partial charge in [0.2, 0.25) is 10.0 Å². The normalized spacial score (nSPS) is 13.5. The third kappa shape index (κ3) is 4.19. The monoisotopic (exact) mass is 286 g/mol. The molecular weight excluding hydrogens is 264 g/mol. The number of nitrogens with one attached hydrogen (secondary N) is 2. The molecule has 0 amide bonds. The third-order valence-corrected chi connectivity index (χ3v) is 4.50. The maximum atomic E-state index is 11.9. The van der Waals surface area contributed by atoms with E-state index < -0.39 is 10.0 Å². The fraction of sp³-hybridized carbons (Fsp3) is 0.538. The summed E-state index contributed by atoms with van der Waals surface area (Å²) < 4.78 is 26.2. The molecule has 1 rings (SSSR count). The van der Waals surface area contributed by atoms with Gasteiger partial charge in [-0.2, -0.15) is 0 Å². The first kappa shape index (κ1) is 15.9. The molecule has 0 aliphatic rings. The summed E-state index contributed by atoms with van der Waals surface area (Å²) in [7, 11) is -2.10. The lowest BCUT2D eigenvalue weighted by molar-refractivity contribution is 0.267. The Labute approximate surface area is 115 Å². The number of aliphatic hydroxyl groups excluding tert-OH is 1. The fourth-order valence-corrected chi connectivity index (χ4v) is 2.74. The lowest BCUT2D eigenvalue weighted by atomic mass is 10.0. The van der Waals surface area contributed by atoms with Crippen molar-refractivity contribution in [2.45, 2.75) is 31.2 Å². The fourth-order valence-electron chi connectivity index (χ4n) is 1.84. The van der Waals surface area contributed by atoms with Gasteiger partial charge in [-0.1, -0.05) is 26.0 Å². The van der Waals surface area contributed by atoms with Crippen LogP contribution in [0, 0.1) is 5.92 Å². The van der Waals surface area contributed by atoms with Crippen LogP contribution < -0.4 is 10.0 Å². The average Bonchev–Trinajstić information content (AvgIpc) is 2.38. The van der Waals surface area contributed by atoms with Crippen LogP contribution in [0.5, 0.6) is 0 Å². The molecule has 0 aromatic heterocycles. The summed E-state index contributed by atoms with van der Waals surface area (Å²) in [5.74, 6) is 0.289. The van der Waals surface area contributed by atoms with E-state index in [1.54, 1.807) is 24.3 Å². The molecule has 1 aromatic rings. The van der Waals surface area contributed by atoms with Crippen LogP contribution in [0.2, 0.25) is 0 Å². The molecule has 0 heterocycles. The van der Waals surface area contributed by atoms with Crippen LogP contribution in [-0.4, -0.2) is 33.2 Å². The lowest BCUT2D eigenvalue weighted by Gasteiger charge is -2.24. The highest BCUT2D eigenvalue weighted by Crippen LogP contribution is 2.23. The Kier molecular flexibility index (Phi) is 5.78. The van der Waals surface area contributed by atoms with Gasteiger partial charge in [0, 0.05) is 12.6 Å². The molecule has 0 radical (unpaired) electrons. The summed E-state index contributed by atoms with van der Waals surface area (Å²) in [4.78, 5) is 0.223. The summed E-state index contributed by atoms with van der Waals surface area (Å²) >= 11 is 0. The number of rotatable bonds is 7. The predicted octanol–water partition coefficient (Wildman–Crippen LogP) is 1.41. The van der Waals surface area contributed by atoms with Gasteiger partial charge in [0.25, 0.3) is 0 Å². The van der Waals surface area contributed by atoms with E-state index in [9.17, 15) is 8.42 Å². The van der Waals surface area contributed by atoms with E-state index in [4.69, 9.17) is 5.11 Å². The molecule has 0 bridgehead atoms. The predicted molar refractivity (Wildman–Crippen MR) is 76.6 cm³/mol. The first-order valence-corrected chi connectivity index (χ1v) is 7.80. The van der Waals surface area contributed by atoms with Gasteiger partial charge in [-0.15, -0.1) is 0 Å². The Bertz CT molecular complexity index is 500. The van der Waals surface area contributed by atoms with Crippen molar-refractivity contribution in [1.29, 1.82) is 0 Å². The largest absolute Gasteiger partial charge is 0.396 e. The van der Waals surface area contributed by atoms with Gasteiger partial charge in [0.1, 0.15) is 4.90 Å². The second-order valence-electron chi connectivity index (χ2n) is 4.71. The molecule has 6 heteroatoms. The van der Waals surface area contributed by atoms with Crippen molar-refractivity contribution in [3.8, 4) is 0 Å². The van der Waals surface area contributed by atoms with Crippen LogP contribution in [-0.2, 0) is 10.0 Å². The van der Waals surface area contributed by atoms with Gasteiger partial charge in [-0.25, -0.2) is 13.1 Å². The number of aliphatic hydroxyl groups is 1. The molecule has 0 saturated heterocycles.